The molecule has 3 aromatic carbocycles. The van der Waals surface area contributed by atoms with Crippen LogP contribution < -0.4 is 0 Å². The highest BCUT2D eigenvalue weighted by atomic mass is 35.5. The first-order valence-corrected chi connectivity index (χ1v) is 10.4. The summed E-state index contributed by atoms with van der Waals surface area (Å²) < 4.78 is 0. The molecular weight excluding hydrogens is 364 g/mol. The van der Waals surface area contributed by atoms with Crippen molar-refractivity contribution in [2.24, 2.45) is 0 Å². The van der Waals surface area contributed by atoms with Crippen LogP contribution in [0.4, 0.5) is 0 Å². The molecule has 0 aromatic heterocycles. The third-order valence-electron chi connectivity index (χ3n) is 5.60. The Bertz CT molecular complexity index is 899. The van der Waals surface area contributed by atoms with Crippen molar-refractivity contribution in [2.45, 2.75) is 52.1 Å². The summed E-state index contributed by atoms with van der Waals surface area (Å²) >= 11 is 6.28. The fourth-order valence-electron chi connectivity index (χ4n) is 3.73. The molecule has 1 nitrogen and oxygen atoms in total. The van der Waals surface area contributed by atoms with Gasteiger partial charge in [-0.3, -0.25) is 0 Å². The van der Waals surface area contributed by atoms with Gasteiger partial charge in [-0.2, -0.15) is 0 Å². The van der Waals surface area contributed by atoms with E-state index in [0.717, 1.165) is 36.3 Å². The van der Waals surface area contributed by atoms with Crippen molar-refractivity contribution in [3.63, 3.8) is 0 Å². The molecule has 1 atom stereocenters. The molecule has 3 rings (SSSR count). The van der Waals surface area contributed by atoms with Crippen molar-refractivity contribution >= 4 is 11.6 Å². The van der Waals surface area contributed by atoms with Gasteiger partial charge >= 0.3 is 0 Å². The lowest BCUT2D eigenvalue weighted by Crippen LogP contribution is -2.05. The number of aliphatic hydroxyl groups excluding tert-OH is 1. The highest BCUT2D eigenvalue weighted by molar-refractivity contribution is 6.30. The number of aliphatic hydroxyl groups is 1. The predicted octanol–water partition coefficient (Wildman–Crippen LogP) is 6.80. The number of hydrogen-bond donors (Lipinski definition) is 1. The van der Waals surface area contributed by atoms with Crippen LogP contribution in [0.15, 0.2) is 66.7 Å². The van der Waals surface area contributed by atoms with Crippen molar-refractivity contribution in [1.82, 2.24) is 0 Å². The summed E-state index contributed by atoms with van der Waals surface area (Å²) in [5.41, 5.74) is 7.70. The number of hydrogen-bond acceptors (Lipinski definition) is 1. The van der Waals surface area contributed by atoms with Crippen LogP contribution in [0.1, 0.15) is 52.1 Å². The standard InChI is InChI=1S/C26H29ClO/c1-19-9-10-23(15-20(19)2)16-24(25-7-4-8-26(27)17-25)6-3-5-21-11-13-22(18-28)14-12-21/h4,7-15,17,24,28H,3,5-6,16,18H2,1-2H3/t24-/m1/s1. The van der Waals surface area contributed by atoms with Crippen LogP contribution in [-0.2, 0) is 19.4 Å². The molecule has 0 heterocycles. The van der Waals surface area contributed by atoms with E-state index in [9.17, 15) is 5.11 Å². The van der Waals surface area contributed by atoms with E-state index in [1.54, 1.807) is 0 Å². The van der Waals surface area contributed by atoms with E-state index < -0.39 is 0 Å². The first-order valence-electron chi connectivity index (χ1n) is 10.1. The summed E-state index contributed by atoms with van der Waals surface area (Å²) in [5.74, 6) is 0.456. The smallest absolute Gasteiger partial charge is 0.0681 e. The molecule has 0 amide bonds. The van der Waals surface area contributed by atoms with Crippen LogP contribution in [0.2, 0.25) is 5.02 Å². The zero-order chi connectivity index (χ0) is 19.9. The van der Waals surface area contributed by atoms with E-state index in [1.165, 1.54) is 27.8 Å². The van der Waals surface area contributed by atoms with Gasteiger partial charge in [-0.05, 0) is 91.0 Å². The van der Waals surface area contributed by atoms with Crippen molar-refractivity contribution in [3.05, 3.63) is 105 Å². The van der Waals surface area contributed by atoms with Gasteiger partial charge in [0.1, 0.15) is 0 Å². The summed E-state index contributed by atoms with van der Waals surface area (Å²) in [6, 6.07) is 23.4. The van der Waals surface area contributed by atoms with Gasteiger partial charge in [0, 0.05) is 5.02 Å². The van der Waals surface area contributed by atoms with Crippen molar-refractivity contribution in [2.75, 3.05) is 0 Å². The lowest BCUT2D eigenvalue weighted by molar-refractivity contribution is 0.282. The number of benzene rings is 3. The summed E-state index contributed by atoms with van der Waals surface area (Å²) in [5, 5.41) is 10.00. The Kier molecular flexibility index (Phi) is 7.30. The Hall–Kier alpha value is -2.09. The molecule has 2 heteroatoms. The van der Waals surface area contributed by atoms with Gasteiger partial charge in [-0.1, -0.05) is 66.2 Å². The molecule has 0 saturated carbocycles. The van der Waals surface area contributed by atoms with Crippen molar-refractivity contribution in [3.8, 4) is 0 Å². The lowest BCUT2D eigenvalue weighted by atomic mass is 9.86. The topological polar surface area (TPSA) is 20.2 Å². The van der Waals surface area contributed by atoms with Crippen LogP contribution in [0.5, 0.6) is 0 Å². The number of rotatable bonds is 8. The fraction of sp³-hybridized carbons (Fsp3) is 0.308. The van der Waals surface area contributed by atoms with Gasteiger partial charge in [-0.15, -0.1) is 0 Å². The largest absolute Gasteiger partial charge is 0.392 e. The summed E-state index contributed by atoms with van der Waals surface area (Å²) in [7, 11) is 0. The van der Waals surface area contributed by atoms with E-state index in [4.69, 9.17) is 11.6 Å². The van der Waals surface area contributed by atoms with Gasteiger partial charge in [0.25, 0.3) is 0 Å². The molecule has 0 unspecified atom stereocenters. The van der Waals surface area contributed by atoms with Gasteiger partial charge in [0.15, 0.2) is 0 Å². The normalized spacial score (nSPS) is 12.1. The SMILES string of the molecule is Cc1ccc(C[C@@H](CCCc2ccc(CO)cc2)c2cccc(Cl)c2)cc1C. The van der Waals surface area contributed by atoms with E-state index >= 15 is 0 Å². The Morgan fingerprint density at radius 3 is 2.21 bits per heavy atom. The second-order valence-electron chi connectivity index (χ2n) is 7.74. The van der Waals surface area contributed by atoms with Crippen LogP contribution >= 0.6 is 11.6 Å². The number of aryl methyl sites for hydroxylation is 3. The molecule has 1 N–H and O–H groups in total. The second kappa shape index (κ2) is 9.91. The van der Waals surface area contributed by atoms with Crippen LogP contribution in [0, 0.1) is 13.8 Å². The first kappa shape index (κ1) is 20.6. The van der Waals surface area contributed by atoms with Crippen LogP contribution in [-0.4, -0.2) is 5.11 Å². The third-order valence-corrected chi connectivity index (χ3v) is 5.83. The molecule has 0 aliphatic rings. The number of halogens is 1. The highest BCUT2D eigenvalue weighted by Gasteiger charge is 2.14. The molecule has 3 aromatic rings. The van der Waals surface area contributed by atoms with Gasteiger partial charge in [0.05, 0.1) is 6.61 Å². The third kappa shape index (κ3) is 5.70. The maximum atomic E-state index is 9.19. The van der Waals surface area contributed by atoms with Gasteiger partial charge in [-0.25, -0.2) is 0 Å². The monoisotopic (exact) mass is 392 g/mol. The van der Waals surface area contributed by atoms with E-state index in [-0.39, 0.29) is 6.61 Å². The molecule has 0 bridgehead atoms. The minimum absolute atomic E-state index is 0.104. The van der Waals surface area contributed by atoms with E-state index in [0.29, 0.717) is 5.92 Å². The van der Waals surface area contributed by atoms with Crippen molar-refractivity contribution < 1.29 is 5.11 Å². The molecule has 28 heavy (non-hydrogen) atoms. The Morgan fingerprint density at radius 1 is 0.821 bits per heavy atom. The molecule has 146 valence electrons. The van der Waals surface area contributed by atoms with Gasteiger partial charge < -0.3 is 5.11 Å². The average Bonchev–Trinajstić information content (AvgIpc) is 2.70. The molecular formula is C26H29ClO. The zero-order valence-corrected chi connectivity index (χ0v) is 17.5. The zero-order valence-electron chi connectivity index (χ0n) is 16.8. The Balaban J connectivity index is 1.71. The second-order valence-corrected chi connectivity index (χ2v) is 8.18. The Labute approximate surface area is 174 Å². The van der Waals surface area contributed by atoms with Crippen LogP contribution in [0.3, 0.4) is 0 Å². The minimum Gasteiger partial charge on any atom is -0.392 e. The maximum absolute atomic E-state index is 9.19. The molecule has 0 aliphatic carbocycles. The molecule has 0 spiro atoms. The fourth-order valence-corrected chi connectivity index (χ4v) is 3.92. The molecule has 0 saturated heterocycles. The molecule has 0 radical (unpaired) electrons. The summed E-state index contributed by atoms with van der Waals surface area (Å²) in [6.07, 6.45) is 4.33. The maximum Gasteiger partial charge on any atom is 0.0681 e. The molecule has 0 fully saturated rings. The molecule has 0 aliphatic heterocycles. The Morgan fingerprint density at radius 2 is 1.54 bits per heavy atom. The first-order chi connectivity index (χ1) is 13.5. The summed E-state index contributed by atoms with van der Waals surface area (Å²) in [6.45, 7) is 4.45. The van der Waals surface area contributed by atoms with Crippen molar-refractivity contribution in [1.29, 1.82) is 0 Å². The predicted molar refractivity (Wildman–Crippen MR) is 119 cm³/mol. The minimum atomic E-state index is 0.104. The van der Waals surface area contributed by atoms with E-state index in [1.807, 2.05) is 18.2 Å². The average molecular weight is 393 g/mol. The highest BCUT2D eigenvalue weighted by Crippen LogP contribution is 2.29. The quantitative estimate of drug-likeness (QED) is 0.447. The van der Waals surface area contributed by atoms with E-state index in [2.05, 4.69) is 62.4 Å². The van der Waals surface area contributed by atoms with Gasteiger partial charge in [0.2, 0.25) is 0 Å². The lowest BCUT2D eigenvalue weighted by Gasteiger charge is -2.19. The van der Waals surface area contributed by atoms with Crippen LogP contribution in [0.25, 0.3) is 0 Å². The summed E-state index contributed by atoms with van der Waals surface area (Å²) in [4.78, 5) is 0.